The lowest BCUT2D eigenvalue weighted by atomic mass is 10.2. The van der Waals surface area contributed by atoms with Gasteiger partial charge in [0, 0.05) is 31.3 Å². The van der Waals surface area contributed by atoms with E-state index >= 15 is 0 Å². The van der Waals surface area contributed by atoms with Gasteiger partial charge in [0.1, 0.15) is 18.0 Å². The van der Waals surface area contributed by atoms with Gasteiger partial charge in [0.15, 0.2) is 0 Å². The first-order chi connectivity index (χ1) is 18.9. The van der Waals surface area contributed by atoms with Crippen LogP contribution in [0, 0.1) is 0 Å². The highest BCUT2D eigenvalue weighted by Gasteiger charge is 2.05. The summed E-state index contributed by atoms with van der Waals surface area (Å²) in [6.07, 6.45) is 1.42. The Bertz CT molecular complexity index is 1330. The van der Waals surface area contributed by atoms with E-state index in [2.05, 4.69) is 27.0 Å². The van der Waals surface area contributed by atoms with Gasteiger partial charge in [-0.3, -0.25) is 4.79 Å². The van der Waals surface area contributed by atoms with Crippen molar-refractivity contribution in [3.63, 3.8) is 0 Å². The zero-order valence-electron chi connectivity index (χ0n) is 21.6. The Balaban J connectivity index is 1.51. The molecular formula is C28H28ClN5O5. The first-order valence-corrected chi connectivity index (χ1v) is 12.4. The van der Waals surface area contributed by atoms with Crippen molar-refractivity contribution in [2.75, 3.05) is 31.9 Å². The Hall–Kier alpha value is -4.57. The quantitative estimate of drug-likeness (QED) is 0.0936. The third-order valence-corrected chi connectivity index (χ3v) is 5.49. The predicted octanol–water partition coefficient (Wildman–Crippen LogP) is 7.63. The molecule has 0 unspecified atom stereocenters. The van der Waals surface area contributed by atoms with E-state index in [0.717, 1.165) is 11.8 Å². The number of ether oxygens (including phenoxy) is 3. The van der Waals surface area contributed by atoms with Crippen molar-refractivity contribution in [2.24, 2.45) is 20.5 Å². The van der Waals surface area contributed by atoms with Crippen LogP contribution in [0.5, 0.6) is 5.75 Å². The van der Waals surface area contributed by atoms with Crippen LogP contribution in [0.4, 0.5) is 28.4 Å². The van der Waals surface area contributed by atoms with Crippen molar-refractivity contribution in [3.8, 4) is 5.75 Å². The summed E-state index contributed by atoms with van der Waals surface area (Å²) in [6, 6.07) is 19.5. The van der Waals surface area contributed by atoms with Crippen LogP contribution in [0.15, 0.2) is 99.8 Å². The summed E-state index contributed by atoms with van der Waals surface area (Å²) in [5, 5.41) is 17.3. The maximum atomic E-state index is 11.2. The van der Waals surface area contributed by atoms with Gasteiger partial charge in [0.2, 0.25) is 6.79 Å². The van der Waals surface area contributed by atoms with Gasteiger partial charge < -0.3 is 19.1 Å². The number of carbonyl (C=O) groups excluding carboxylic acids is 2. The standard InChI is InChI=1S/C28H28ClN5O5/c1-4-27(35)37-17-16-34(3)23-12-10-22(11-13-23)31-30-20-6-8-21(9-7-20)32-33-26-15-14-24(18-25(26)29)38-19-39-28(36)5-2/h4,6-15,18H,1,5,16-17,19H2,2-3H3. The fourth-order valence-corrected chi connectivity index (χ4v) is 3.19. The van der Waals surface area contributed by atoms with E-state index in [-0.39, 0.29) is 25.8 Å². The summed E-state index contributed by atoms with van der Waals surface area (Å²) in [6.45, 7) is 5.71. The highest BCUT2D eigenvalue weighted by molar-refractivity contribution is 6.33. The van der Waals surface area contributed by atoms with Crippen molar-refractivity contribution in [1.82, 2.24) is 0 Å². The second-order valence-corrected chi connectivity index (χ2v) is 8.38. The molecule has 0 bridgehead atoms. The fourth-order valence-electron chi connectivity index (χ4n) is 2.98. The Labute approximate surface area is 231 Å². The molecule has 0 aromatic heterocycles. The van der Waals surface area contributed by atoms with E-state index in [0.29, 0.717) is 40.1 Å². The molecule has 202 valence electrons. The number of azo groups is 2. The fraction of sp³-hybridized carbons (Fsp3) is 0.214. The third kappa shape index (κ3) is 9.67. The Morgan fingerprint density at radius 1 is 0.897 bits per heavy atom. The highest BCUT2D eigenvalue weighted by Crippen LogP contribution is 2.31. The number of esters is 2. The van der Waals surface area contributed by atoms with Crippen LogP contribution in [0.2, 0.25) is 5.02 Å². The second kappa shape index (κ2) is 15.0. The van der Waals surface area contributed by atoms with Crippen LogP contribution in [-0.4, -0.2) is 38.9 Å². The topological polar surface area (TPSA) is 115 Å². The van der Waals surface area contributed by atoms with Crippen LogP contribution in [0.1, 0.15) is 13.3 Å². The molecule has 0 heterocycles. The third-order valence-electron chi connectivity index (χ3n) is 5.19. The molecule has 0 aliphatic carbocycles. The van der Waals surface area contributed by atoms with E-state index < -0.39 is 5.97 Å². The SMILES string of the molecule is C=CC(=O)OCCN(C)c1ccc(N=Nc2ccc(N=Nc3ccc(OCOC(=O)CC)cc3Cl)cc2)cc1. The molecule has 10 nitrogen and oxygen atoms in total. The van der Waals surface area contributed by atoms with Gasteiger partial charge in [-0.05, 0) is 60.7 Å². The molecule has 0 saturated heterocycles. The molecule has 3 aromatic carbocycles. The van der Waals surface area contributed by atoms with Crippen molar-refractivity contribution in [3.05, 3.63) is 84.4 Å². The smallest absolute Gasteiger partial charge is 0.330 e. The minimum Gasteiger partial charge on any atom is -0.461 e. The first kappa shape index (κ1) is 29.0. The van der Waals surface area contributed by atoms with Crippen molar-refractivity contribution >= 4 is 52.0 Å². The molecule has 0 amide bonds. The number of anilines is 1. The van der Waals surface area contributed by atoms with Crippen molar-refractivity contribution in [2.45, 2.75) is 13.3 Å². The summed E-state index contributed by atoms with van der Waals surface area (Å²) >= 11 is 6.26. The maximum absolute atomic E-state index is 11.2. The number of hydrogen-bond acceptors (Lipinski definition) is 10. The molecule has 0 N–H and O–H groups in total. The molecule has 0 aliphatic heterocycles. The monoisotopic (exact) mass is 549 g/mol. The molecule has 3 aromatic rings. The number of likely N-dealkylation sites (N-methyl/N-ethyl adjacent to an activating group) is 1. The molecule has 0 spiro atoms. The van der Waals surface area contributed by atoms with E-state index in [1.54, 1.807) is 49.4 Å². The number of carbonyl (C=O) groups is 2. The lowest BCUT2D eigenvalue weighted by Crippen LogP contribution is -2.23. The highest BCUT2D eigenvalue weighted by atomic mass is 35.5. The zero-order valence-corrected chi connectivity index (χ0v) is 22.4. The van der Waals surface area contributed by atoms with Gasteiger partial charge in [-0.1, -0.05) is 25.1 Å². The zero-order chi connectivity index (χ0) is 28.0. The lowest BCUT2D eigenvalue weighted by molar-refractivity contribution is -0.149. The lowest BCUT2D eigenvalue weighted by Gasteiger charge is -2.18. The Morgan fingerprint density at radius 3 is 2.05 bits per heavy atom. The van der Waals surface area contributed by atoms with Gasteiger partial charge in [-0.25, -0.2) is 4.79 Å². The Morgan fingerprint density at radius 2 is 1.49 bits per heavy atom. The molecule has 3 rings (SSSR count). The van der Waals surface area contributed by atoms with Crippen LogP contribution in [0.3, 0.4) is 0 Å². The van der Waals surface area contributed by atoms with Crippen molar-refractivity contribution < 1.29 is 23.8 Å². The molecule has 11 heteroatoms. The number of halogens is 1. The Kier molecular flexibility index (Phi) is 11.1. The second-order valence-electron chi connectivity index (χ2n) is 7.97. The average molecular weight is 550 g/mol. The minimum atomic E-state index is -0.439. The van der Waals surface area contributed by atoms with Crippen molar-refractivity contribution in [1.29, 1.82) is 0 Å². The summed E-state index contributed by atoms with van der Waals surface area (Å²) in [5.74, 6) is -0.337. The summed E-state index contributed by atoms with van der Waals surface area (Å²) in [4.78, 5) is 24.3. The molecule has 39 heavy (non-hydrogen) atoms. The first-order valence-electron chi connectivity index (χ1n) is 12.0. The number of hydrogen-bond donors (Lipinski definition) is 0. The molecule has 0 atom stereocenters. The van der Waals surface area contributed by atoms with Crippen LogP contribution < -0.4 is 9.64 Å². The largest absolute Gasteiger partial charge is 0.461 e. The van der Waals surface area contributed by atoms with E-state index in [1.807, 2.05) is 36.2 Å². The van der Waals surface area contributed by atoms with Gasteiger partial charge >= 0.3 is 11.9 Å². The minimum absolute atomic E-state index is 0.188. The van der Waals surface area contributed by atoms with Gasteiger partial charge in [-0.2, -0.15) is 15.3 Å². The van der Waals surface area contributed by atoms with Gasteiger partial charge in [0.25, 0.3) is 0 Å². The number of nitrogens with zero attached hydrogens (tertiary/aromatic N) is 5. The molecule has 0 fully saturated rings. The van der Waals surface area contributed by atoms with Crippen LogP contribution in [0.25, 0.3) is 0 Å². The predicted molar refractivity (Wildman–Crippen MR) is 149 cm³/mol. The molecule has 0 saturated carbocycles. The van der Waals surface area contributed by atoms with Gasteiger partial charge in [-0.15, -0.1) is 5.11 Å². The van der Waals surface area contributed by atoms with Crippen LogP contribution >= 0.6 is 11.6 Å². The maximum Gasteiger partial charge on any atom is 0.330 e. The number of rotatable bonds is 13. The number of benzene rings is 3. The van der Waals surface area contributed by atoms with E-state index in [4.69, 9.17) is 25.8 Å². The van der Waals surface area contributed by atoms with E-state index in [1.165, 1.54) is 0 Å². The average Bonchev–Trinajstić information content (AvgIpc) is 2.96. The van der Waals surface area contributed by atoms with E-state index in [9.17, 15) is 9.59 Å². The molecule has 0 radical (unpaired) electrons. The summed E-state index contributed by atoms with van der Waals surface area (Å²) in [7, 11) is 1.91. The molecular weight excluding hydrogens is 522 g/mol. The van der Waals surface area contributed by atoms with Gasteiger partial charge in [0.05, 0.1) is 28.6 Å². The normalized spacial score (nSPS) is 10.9. The summed E-state index contributed by atoms with van der Waals surface area (Å²) in [5.41, 5.74) is 3.38. The van der Waals surface area contributed by atoms with Crippen LogP contribution in [-0.2, 0) is 19.1 Å². The summed E-state index contributed by atoms with van der Waals surface area (Å²) < 4.78 is 15.2. The molecule has 0 aliphatic rings.